The fourth-order valence-electron chi connectivity index (χ4n) is 1.96. The number of methoxy groups -OCH3 is 1. The number of nitrogens with zero attached hydrogens (tertiary/aromatic N) is 1. The van der Waals surface area contributed by atoms with Gasteiger partial charge in [0.2, 0.25) is 0 Å². The van der Waals surface area contributed by atoms with Crippen molar-refractivity contribution in [1.82, 2.24) is 0 Å². The molecule has 0 aliphatic heterocycles. The fraction of sp³-hybridized carbons (Fsp3) is 0.462. The molecule has 0 fully saturated rings. The highest BCUT2D eigenvalue weighted by molar-refractivity contribution is 5.90. The van der Waals surface area contributed by atoms with E-state index in [1.807, 2.05) is 6.92 Å². The number of nitrogens with one attached hydrogen (secondary N) is 1. The number of ether oxygens (including phenoxy) is 1. The zero-order valence-electron chi connectivity index (χ0n) is 11.8. The van der Waals surface area contributed by atoms with E-state index in [1.54, 1.807) is 0 Å². The van der Waals surface area contributed by atoms with Crippen molar-refractivity contribution < 1.29 is 24.0 Å². The monoisotopic (exact) mass is 300 g/mol. The summed E-state index contributed by atoms with van der Waals surface area (Å²) in [5.74, 6) is -2.62. The van der Waals surface area contributed by atoms with E-state index in [4.69, 9.17) is 9.84 Å². The molecular formula is C13H17FN2O5. The molecule has 0 aliphatic carbocycles. The lowest BCUT2D eigenvalue weighted by Crippen LogP contribution is -2.25. The molecule has 1 aromatic rings. The number of nitro benzene ring substituents is 1. The summed E-state index contributed by atoms with van der Waals surface area (Å²) in [6.45, 7) is 2.23. The van der Waals surface area contributed by atoms with Gasteiger partial charge in [-0.3, -0.25) is 10.1 Å². The second kappa shape index (κ2) is 7.53. The summed E-state index contributed by atoms with van der Waals surface area (Å²) < 4.78 is 18.5. The average molecular weight is 300 g/mol. The Bertz CT molecular complexity index is 530. The number of rotatable bonds is 8. The molecule has 8 heteroatoms. The van der Waals surface area contributed by atoms with Gasteiger partial charge in [0, 0.05) is 13.2 Å². The standard InChI is InChI=1S/C13H17FN2O5/c1-3-4-8(7-21-2)15-11-5-9(13(17)18)10(14)6-12(11)16(19)20/h5-6,8,15H,3-4,7H2,1-2H3,(H,17,18). The SMILES string of the molecule is CCCC(COC)Nc1cc(C(=O)O)c(F)cc1[N+](=O)[O-]. The van der Waals surface area contributed by atoms with Crippen molar-refractivity contribution in [2.24, 2.45) is 0 Å². The first kappa shape index (κ1) is 16.8. The first-order valence-electron chi connectivity index (χ1n) is 6.37. The van der Waals surface area contributed by atoms with Gasteiger partial charge in [-0.25, -0.2) is 9.18 Å². The number of benzene rings is 1. The summed E-state index contributed by atoms with van der Waals surface area (Å²) in [7, 11) is 1.49. The molecule has 0 heterocycles. The number of carboxylic acids is 1. The number of carbonyl (C=O) groups is 1. The summed E-state index contributed by atoms with van der Waals surface area (Å²) >= 11 is 0. The third-order valence-corrected chi connectivity index (χ3v) is 2.88. The maximum absolute atomic E-state index is 13.5. The van der Waals surface area contributed by atoms with Crippen LogP contribution in [0.5, 0.6) is 0 Å². The molecule has 0 bridgehead atoms. The van der Waals surface area contributed by atoms with E-state index < -0.39 is 28.0 Å². The smallest absolute Gasteiger partial charge is 0.338 e. The topological polar surface area (TPSA) is 102 Å². The molecule has 7 nitrogen and oxygen atoms in total. The molecule has 1 aromatic carbocycles. The van der Waals surface area contributed by atoms with Crippen molar-refractivity contribution in [2.45, 2.75) is 25.8 Å². The van der Waals surface area contributed by atoms with Crippen molar-refractivity contribution in [2.75, 3.05) is 19.0 Å². The molecule has 2 N–H and O–H groups in total. The molecule has 0 saturated heterocycles. The lowest BCUT2D eigenvalue weighted by molar-refractivity contribution is -0.384. The van der Waals surface area contributed by atoms with E-state index in [2.05, 4.69) is 5.32 Å². The van der Waals surface area contributed by atoms with Crippen LogP contribution in [0.3, 0.4) is 0 Å². The highest BCUT2D eigenvalue weighted by atomic mass is 19.1. The Kier molecular flexibility index (Phi) is 6.04. The number of anilines is 1. The van der Waals surface area contributed by atoms with Gasteiger partial charge in [-0.05, 0) is 12.5 Å². The van der Waals surface area contributed by atoms with Gasteiger partial charge in [-0.15, -0.1) is 0 Å². The molecule has 0 aromatic heterocycles. The maximum Gasteiger partial charge on any atom is 0.338 e. The van der Waals surface area contributed by atoms with Gasteiger partial charge in [-0.2, -0.15) is 0 Å². The lowest BCUT2D eigenvalue weighted by Gasteiger charge is -2.18. The number of hydrogen-bond donors (Lipinski definition) is 2. The van der Waals surface area contributed by atoms with Gasteiger partial charge in [0.25, 0.3) is 5.69 Å². The number of hydrogen-bond acceptors (Lipinski definition) is 5. The largest absolute Gasteiger partial charge is 0.478 e. The van der Waals surface area contributed by atoms with Crippen LogP contribution in [0.1, 0.15) is 30.1 Å². The van der Waals surface area contributed by atoms with Gasteiger partial charge in [0.1, 0.15) is 11.5 Å². The van der Waals surface area contributed by atoms with Gasteiger partial charge >= 0.3 is 5.97 Å². The Morgan fingerprint density at radius 2 is 2.24 bits per heavy atom. The van der Waals surface area contributed by atoms with Crippen LogP contribution in [0.2, 0.25) is 0 Å². The van der Waals surface area contributed by atoms with Gasteiger partial charge in [0.05, 0.1) is 23.2 Å². The minimum atomic E-state index is -1.48. The highest BCUT2D eigenvalue weighted by Gasteiger charge is 2.23. The van der Waals surface area contributed by atoms with E-state index in [9.17, 15) is 19.3 Å². The normalized spacial score (nSPS) is 12.0. The van der Waals surface area contributed by atoms with Crippen LogP contribution < -0.4 is 5.32 Å². The highest BCUT2D eigenvalue weighted by Crippen LogP contribution is 2.29. The minimum Gasteiger partial charge on any atom is -0.478 e. The predicted octanol–water partition coefficient (Wildman–Crippen LogP) is 2.66. The third kappa shape index (κ3) is 4.38. The van der Waals surface area contributed by atoms with Gasteiger partial charge in [-0.1, -0.05) is 13.3 Å². The van der Waals surface area contributed by atoms with E-state index in [0.29, 0.717) is 19.1 Å². The number of carboxylic acid groups (broad SMARTS) is 1. The van der Waals surface area contributed by atoms with E-state index in [1.165, 1.54) is 7.11 Å². The van der Waals surface area contributed by atoms with Crippen LogP contribution in [-0.4, -0.2) is 35.8 Å². The van der Waals surface area contributed by atoms with Crippen LogP contribution in [-0.2, 0) is 4.74 Å². The average Bonchev–Trinajstić information content (AvgIpc) is 2.40. The van der Waals surface area contributed by atoms with Crippen LogP contribution in [0.4, 0.5) is 15.8 Å². The number of nitro groups is 1. The Morgan fingerprint density at radius 3 is 2.71 bits per heavy atom. The van der Waals surface area contributed by atoms with Crippen molar-refractivity contribution in [3.63, 3.8) is 0 Å². The molecule has 1 rings (SSSR count). The van der Waals surface area contributed by atoms with Crippen molar-refractivity contribution >= 4 is 17.3 Å². The Morgan fingerprint density at radius 1 is 1.57 bits per heavy atom. The van der Waals surface area contributed by atoms with E-state index in [-0.39, 0.29) is 11.7 Å². The molecule has 1 atom stereocenters. The van der Waals surface area contributed by atoms with E-state index >= 15 is 0 Å². The molecule has 116 valence electrons. The van der Waals surface area contributed by atoms with Crippen molar-refractivity contribution in [1.29, 1.82) is 0 Å². The second-order valence-electron chi connectivity index (χ2n) is 4.50. The molecule has 0 saturated carbocycles. The summed E-state index contributed by atoms with van der Waals surface area (Å²) in [5, 5.41) is 22.7. The predicted molar refractivity (Wildman–Crippen MR) is 74.2 cm³/mol. The summed E-state index contributed by atoms with van der Waals surface area (Å²) in [6, 6.07) is 1.32. The third-order valence-electron chi connectivity index (χ3n) is 2.88. The van der Waals surface area contributed by atoms with Crippen LogP contribution in [0.15, 0.2) is 12.1 Å². The zero-order valence-corrected chi connectivity index (χ0v) is 11.8. The molecule has 0 spiro atoms. The first-order valence-corrected chi connectivity index (χ1v) is 6.37. The zero-order chi connectivity index (χ0) is 16.0. The summed E-state index contributed by atoms with van der Waals surface area (Å²) in [4.78, 5) is 21.1. The van der Waals surface area contributed by atoms with Gasteiger partial charge in [0.15, 0.2) is 0 Å². The molecular weight excluding hydrogens is 283 g/mol. The molecule has 0 amide bonds. The van der Waals surface area contributed by atoms with Crippen LogP contribution >= 0.6 is 0 Å². The second-order valence-corrected chi connectivity index (χ2v) is 4.50. The van der Waals surface area contributed by atoms with Gasteiger partial charge < -0.3 is 15.2 Å². The quantitative estimate of drug-likeness (QED) is 0.565. The molecule has 21 heavy (non-hydrogen) atoms. The summed E-state index contributed by atoms with van der Waals surface area (Å²) in [5.41, 5.74) is -1.15. The maximum atomic E-state index is 13.5. The van der Waals surface area contributed by atoms with E-state index in [0.717, 1.165) is 12.5 Å². The Labute approximate surface area is 120 Å². The first-order chi connectivity index (χ1) is 9.90. The van der Waals surface area contributed by atoms with Crippen molar-refractivity contribution in [3.05, 3.63) is 33.6 Å². The fourth-order valence-corrected chi connectivity index (χ4v) is 1.96. The molecule has 0 radical (unpaired) electrons. The van der Waals surface area contributed by atoms with Crippen molar-refractivity contribution in [3.8, 4) is 0 Å². The molecule has 1 unspecified atom stereocenters. The number of halogens is 1. The summed E-state index contributed by atoms with van der Waals surface area (Å²) in [6.07, 6.45) is 1.48. The lowest BCUT2D eigenvalue weighted by atomic mass is 10.1. The van der Waals surface area contributed by atoms with Crippen LogP contribution in [0.25, 0.3) is 0 Å². The molecule has 0 aliphatic rings. The number of aromatic carboxylic acids is 1. The van der Waals surface area contributed by atoms with Crippen LogP contribution in [0, 0.1) is 15.9 Å². The Hall–Kier alpha value is -2.22. The minimum absolute atomic E-state index is 0.0331. The Balaban J connectivity index is 3.20.